The minimum Gasteiger partial charge on any atom is -0.355 e. The van der Waals surface area contributed by atoms with Crippen LogP contribution in [0.5, 0.6) is 0 Å². The van der Waals surface area contributed by atoms with E-state index in [-0.39, 0.29) is 5.91 Å². The number of nitrogens with two attached hydrogens (primary N) is 1. The highest BCUT2D eigenvalue weighted by Crippen LogP contribution is 2.03. The van der Waals surface area contributed by atoms with Crippen LogP contribution in [0, 0.1) is 0 Å². The molecule has 3 nitrogen and oxygen atoms in total. The first-order chi connectivity index (χ1) is 5.54. The third-order valence-electron chi connectivity index (χ3n) is 2.07. The Morgan fingerprint density at radius 2 is 2.08 bits per heavy atom. The number of unbranched alkanes of at least 4 members (excludes halogenated alkanes) is 1. The molecule has 0 aromatic rings. The molecular formula is C9H20N2O. The third-order valence-corrected chi connectivity index (χ3v) is 2.07. The van der Waals surface area contributed by atoms with Crippen LogP contribution in [0.2, 0.25) is 0 Å². The second kappa shape index (κ2) is 5.14. The smallest absolute Gasteiger partial charge is 0.239 e. The summed E-state index contributed by atoms with van der Waals surface area (Å²) in [6.07, 6.45) is 2.78. The summed E-state index contributed by atoms with van der Waals surface area (Å²) in [7, 11) is 0. The number of carbonyl (C=O) groups excluding carboxylic acids is 1. The van der Waals surface area contributed by atoms with E-state index in [1.165, 1.54) is 0 Å². The Bertz CT molecular complexity index is 143. The van der Waals surface area contributed by atoms with E-state index < -0.39 is 5.54 Å². The third kappa shape index (κ3) is 3.72. The quantitative estimate of drug-likeness (QED) is 0.608. The lowest BCUT2D eigenvalue weighted by Gasteiger charge is -2.21. The van der Waals surface area contributed by atoms with Gasteiger partial charge in [0.05, 0.1) is 5.54 Å². The lowest BCUT2D eigenvalue weighted by molar-refractivity contribution is -0.125. The molecule has 3 heteroatoms. The van der Waals surface area contributed by atoms with Crippen molar-refractivity contribution in [3.8, 4) is 0 Å². The van der Waals surface area contributed by atoms with E-state index in [1.54, 1.807) is 6.92 Å². The van der Waals surface area contributed by atoms with E-state index in [9.17, 15) is 4.79 Å². The molecule has 0 aromatic carbocycles. The lowest BCUT2D eigenvalue weighted by atomic mass is 9.99. The largest absolute Gasteiger partial charge is 0.355 e. The number of hydrogen-bond acceptors (Lipinski definition) is 2. The first-order valence-electron chi connectivity index (χ1n) is 4.61. The zero-order chi connectivity index (χ0) is 9.61. The van der Waals surface area contributed by atoms with Gasteiger partial charge in [-0.2, -0.15) is 0 Å². The Balaban J connectivity index is 3.72. The molecule has 0 bridgehead atoms. The molecule has 0 spiro atoms. The normalized spacial score (nSPS) is 15.3. The molecule has 0 aliphatic heterocycles. The molecule has 3 N–H and O–H groups in total. The summed E-state index contributed by atoms with van der Waals surface area (Å²) < 4.78 is 0. The maximum Gasteiger partial charge on any atom is 0.239 e. The van der Waals surface area contributed by atoms with Crippen molar-refractivity contribution < 1.29 is 4.79 Å². The molecule has 0 aromatic heterocycles. The van der Waals surface area contributed by atoms with Crippen molar-refractivity contribution in [3.63, 3.8) is 0 Å². The summed E-state index contributed by atoms with van der Waals surface area (Å²) in [5.41, 5.74) is 5.03. The first kappa shape index (κ1) is 11.4. The van der Waals surface area contributed by atoms with Gasteiger partial charge in [-0.1, -0.05) is 20.3 Å². The van der Waals surface area contributed by atoms with Crippen molar-refractivity contribution in [3.05, 3.63) is 0 Å². The maximum atomic E-state index is 11.3. The average Bonchev–Trinajstić information content (AvgIpc) is 2.05. The molecule has 0 aliphatic rings. The average molecular weight is 172 g/mol. The molecule has 1 unspecified atom stereocenters. The highest BCUT2D eigenvalue weighted by atomic mass is 16.2. The molecule has 0 rings (SSSR count). The molecule has 0 heterocycles. The summed E-state index contributed by atoms with van der Waals surface area (Å²) in [5, 5.41) is 2.81. The van der Waals surface area contributed by atoms with E-state index >= 15 is 0 Å². The topological polar surface area (TPSA) is 55.1 Å². The number of nitrogens with one attached hydrogen (secondary N) is 1. The Kier molecular flexibility index (Phi) is 4.90. The Labute approximate surface area is 74.7 Å². The van der Waals surface area contributed by atoms with E-state index in [4.69, 9.17) is 5.73 Å². The predicted octanol–water partition coefficient (Wildman–Crippen LogP) is 1.03. The molecular weight excluding hydrogens is 152 g/mol. The van der Waals surface area contributed by atoms with E-state index in [0.717, 1.165) is 19.4 Å². The van der Waals surface area contributed by atoms with Crippen LogP contribution < -0.4 is 11.1 Å². The fourth-order valence-corrected chi connectivity index (χ4v) is 0.741. The van der Waals surface area contributed by atoms with Gasteiger partial charge in [-0.25, -0.2) is 0 Å². The molecule has 12 heavy (non-hydrogen) atoms. The van der Waals surface area contributed by atoms with E-state index in [1.807, 2.05) is 6.92 Å². The van der Waals surface area contributed by atoms with Gasteiger partial charge < -0.3 is 11.1 Å². The lowest BCUT2D eigenvalue weighted by Crippen LogP contribution is -2.51. The van der Waals surface area contributed by atoms with Gasteiger partial charge in [-0.3, -0.25) is 4.79 Å². The van der Waals surface area contributed by atoms with E-state index in [2.05, 4.69) is 12.2 Å². The molecule has 0 fully saturated rings. The van der Waals surface area contributed by atoms with Crippen molar-refractivity contribution in [2.24, 2.45) is 5.73 Å². The van der Waals surface area contributed by atoms with Crippen molar-refractivity contribution in [2.75, 3.05) is 6.54 Å². The second-order valence-corrected chi connectivity index (χ2v) is 3.38. The molecule has 0 radical (unpaired) electrons. The first-order valence-corrected chi connectivity index (χ1v) is 4.61. The Morgan fingerprint density at radius 3 is 2.50 bits per heavy atom. The van der Waals surface area contributed by atoms with Crippen LogP contribution in [-0.4, -0.2) is 18.0 Å². The van der Waals surface area contributed by atoms with Crippen molar-refractivity contribution >= 4 is 5.91 Å². The van der Waals surface area contributed by atoms with Crippen LogP contribution in [0.4, 0.5) is 0 Å². The van der Waals surface area contributed by atoms with Crippen molar-refractivity contribution in [1.29, 1.82) is 0 Å². The Hall–Kier alpha value is -0.570. The summed E-state index contributed by atoms with van der Waals surface area (Å²) >= 11 is 0. The minimum atomic E-state index is -0.701. The standard InChI is InChI=1S/C9H20N2O/c1-4-6-7-11-8(12)9(3,10)5-2/h4-7,10H2,1-3H3,(H,11,12). The number of hydrogen-bond donors (Lipinski definition) is 2. The van der Waals surface area contributed by atoms with Crippen LogP contribution in [-0.2, 0) is 4.79 Å². The monoisotopic (exact) mass is 172 g/mol. The summed E-state index contributed by atoms with van der Waals surface area (Å²) in [6.45, 7) is 6.50. The summed E-state index contributed by atoms with van der Waals surface area (Å²) in [6, 6.07) is 0. The van der Waals surface area contributed by atoms with Gasteiger partial charge in [0, 0.05) is 6.54 Å². The second-order valence-electron chi connectivity index (χ2n) is 3.38. The van der Waals surface area contributed by atoms with Gasteiger partial charge in [-0.05, 0) is 19.8 Å². The van der Waals surface area contributed by atoms with Gasteiger partial charge in [-0.15, -0.1) is 0 Å². The molecule has 0 saturated heterocycles. The number of rotatable bonds is 5. The van der Waals surface area contributed by atoms with Crippen molar-refractivity contribution in [2.45, 2.75) is 45.6 Å². The fourth-order valence-electron chi connectivity index (χ4n) is 0.741. The number of amides is 1. The number of carbonyl (C=O) groups is 1. The Morgan fingerprint density at radius 1 is 1.50 bits per heavy atom. The highest BCUT2D eigenvalue weighted by molar-refractivity contribution is 5.85. The predicted molar refractivity (Wildman–Crippen MR) is 50.8 cm³/mol. The van der Waals surface area contributed by atoms with Crippen LogP contribution in [0.25, 0.3) is 0 Å². The molecule has 1 amide bonds. The van der Waals surface area contributed by atoms with Crippen LogP contribution in [0.1, 0.15) is 40.0 Å². The van der Waals surface area contributed by atoms with Gasteiger partial charge in [0.2, 0.25) is 5.91 Å². The zero-order valence-electron chi connectivity index (χ0n) is 8.31. The van der Waals surface area contributed by atoms with Crippen molar-refractivity contribution in [1.82, 2.24) is 5.32 Å². The summed E-state index contributed by atoms with van der Waals surface area (Å²) in [5.74, 6) is -0.0431. The van der Waals surface area contributed by atoms with Gasteiger partial charge in [0.15, 0.2) is 0 Å². The zero-order valence-corrected chi connectivity index (χ0v) is 8.31. The van der Waals surface area contributed by atoms with Crippen LogP contribution >= 0.6 is 0 Å². The molecule has 72 valence electrons. The van der Waals surface area contributed by atoms with Gasteiger partial charge in [0.25, 0.3) is 0 Å². The fraction of sp³-hybridized carbons (Fsp3) is 0.889. The highest BCUT2D eigenvalue weighted by Gasteiger charge is 2.24. The van der Waals surface area contributed by atoms with Crippen LogP contribution in [0.15, 0.2) is 0 Å². The summed E-state index contributed by atoms with van der Waals surface area (Å²) in [4.78, 5) is 11.3. The van der Waals surface area contributed by atoms with Gasteiger partial charge >= 0.3 is 0 Å². The SMILES string of the molecule is CCCCNC(=O)C(C)(N)CC. The molecule has 0 saturated carbocycles. The minimum absolute atomic E-state index is 0.0431. The maximum absolute atomic E-state index is 11.3. The molecule has 0 aliphatic carbocycles. The van der Waals surface area contributed by atoms with Crippen LogP contribution in [0.3, 0.4) is 0 Å². The van der Waals surface area contributed by atoms with E-state index in [0.29, 0.717) is 6.42 Å². The van der Waals surface area contributed by atoms with Gasteiger partial charge in [0.1, 0.15) is 0 Å². The molecule has 1 atom stereocenters.